The van der Waals surface area contributed by atoms with Gasteiger partial charge in [-0.3, -0.25) is 0 Å². The summed E-state index contributed by atoms with van der Waals surface area (Å²) < 4.78 is 17.5. The number of hydrogen-bond acceptors (Lipinski definition) is 5. The summed E-state index contributed by atoms with van der Waals surface area (Å²) in [6.45, 7) is 4.06. The third-order valence-electron chi connectivity index (χ3n) is 5.66. The van der Waals surface area contributed by atoms with E-state index < -0.39 is 0 Å². The van der Waals surface area contributed by atoms with Gasteiger partial charge in [0.05, 0.1) is 25.0 Å². The van der Waals surface area contributed by atoms with E-state index in [-0.39, 0.29) is 18.4 Å². The molecule has 2 aliphatic rings. The van der Waals surface area contributed by atoms with E-state index >= 15 is 0 Å². The van der Waals surface area contributed by atoms with Gasteiger partial charge in [-0.15, -0.1) is 0 Å². The largest absolute Gasteiger partial charge is 0.497 e. The number of methoxy groups -OCH3 is 1. The fraction of sp³-hybridized carbons (Fsp3) is 0.269. The van der Waals surface area contributed by atoms with Gasteiger partial charge in [0.1, 0.15) is 17.2 Å². The average molecular weight is 415 g/mol. The van der Waals surface area contributed by atoms with E-state index in [9.17, 15) is 0 Å². The molecular weight excluding hydrogens is 388 g/mol. The van der Waals surface area contributed by atoms with Crippen LogP contribution in [0.5, 0.6) is 17.2 Å². The second-order valence-electron chi connectivity index (χ2n) is 8.12. The summed E-state index contributed by atoms with van der Waals surface area (Å²) in [5, 5.41) is 7.12. The van der Waals surface area contributed by atoms with Crippen molar-refractivity contribution in [2.45, 2.75) is 38.6 Å². The molecule has 0 amide bonds. The number of para-hydroxylation sites is 1. The summed E-state index contributed by atoms with van der Waals surface area (Å²) in [5.41, 5.74) is 4.38. The third kappa shape index (κ3) is 3.72. The second-order valence-corrected chi connectivity index (χ2v) is 8.12. The highest BCUT2D eigenvalue weighted by Crippen LogP contribution is 2.47. The molecule has 0 fully saturated rings. The lowest BCUT2D eigenvalue weighted by Gasteiger charge is -2.38. The van der Waals surface area contributed by atoms with Crippen molar-refractivity contribution >= 4 is 5.71 Å². The maximum atomic E-state index is 6.41. The van der Waals surface area contributed by atoms with Crippen LogP contribution in [0.3, 0.4) is 0 Å². The minimum Gasteiger partial charge on any atom is -0.497 e. The summed E-state index contributed by atoms with van der Waals surface area (Å²) >= 11 is 0. The lowest BCUT2D eigenvalue weighted by molar-refractivity contribution is -0.0190. The van der Waals surface area contributed by atoms with Crippen LogP contribution in [-0.2, 0) is 0 Å². The van der Waals surface area contributed by atoms with Crippen LogP contribution in [0.15, 0.2) is 77.9 Å². The number of nitrogens with zero attached hydrogens (tertiary/aromatic N) is 2. The first kappa shape index (κ1) is 19.5. The quantitative estimate of drug-likeness (QED) is 0.535. The topological polar surface area (TPSA) is 43.3 Å². The SMILES string of the molecule is COc1ccc([C@@H]2Oc3ccccc3[C@@H]3CC(c4ccc(OC(C)C)cc4)=NN32)cc1. The first-order chi connectivity index (χ1) is 15.1. The van der Waals surface area contributed by atoms with Crippen LogP contribution in [0.2, 0.25) is 0 Å². The predicted octanol–water partition coefficient (Wildman–Crippen LogP) is 5.72. The molecule has 5 rings (SSSR count). The molecule has 0 saturated heterocycles. The number of hydrogen-bond donors (Lipinski definition) is 0. The van der Waals surface area contributed by atoms with E-state index in [2.05, 4.69) is 29.3 Å². The summed E-state index contributed by atoms with van der Waals surface area (Å²) in [6, 6.07) is 24.6. The van der Waals surface area contributed by atoms with Crippen molar-refractivity contribution in [2.75, 3.05) is 7.11 Å². The molecule has 0 unspecified atom stereocenters. The number of ether oxygens (including phenoxy) is 3. The number of hydrazone groups is 1. The smallest absolute Gasteiger partial charge is 0.213 e. The normalized spacial score (nSPS) is 19.4. The average Bonchev–Trinajstić information content (AvgIpc) is 3.24. The molecule has 2 heterocycles. The Hall–Kier alpha value is -3.47. The van der Waals surface area contributed by atoms with Gasteiger partial charge >= 0.3 is 0 Å². The molecule has 0 N–H and O–H groups in total. The first-order valence-corrected chi connectivity index (χ1v) is 10.6. The lowest BCUT2D eigenvalue weighted by atomic mass is 9.96. The molecule has 3 aromatic rings. The zero-order valence-electron chi connectivity index (χ0n) is 18.0. The Morgan fingerprint density at radius 1 is 0.935 bits per heavy atom. The van der Waals surface area contributed by atoms with E-state index in [4.69, 9.17) is 19.3 Å². The molecule has 3 aromatic carbocycles. The van der Waals surface area contributed by atoms with Crippen molar-refractivity contribution in [3.63, 3.8) is 0 Å². The van der Waals surface area contributed by atoms with Gasteiger partial charge in [0.15, 0.2) is 0 Å². The van der Waals surface area contributed by atoms with Gasteiger partial charge in [0.25, 0.3) is 0 Å². The number of rotatable bonds is 5. The van der Waals surface area contributed by atoms with Crippen LogP contribution in [0.25, 0.3) is 0 Å². The summed E-state index contributed by atoms with van der Waals surface area (Å²) in [4.78, 5) is 0. The molecule has 0 spiro atoms. The molecule has 0 aliphatic carbocycles. The molecule has 2 atom stereocenters. The van der Waals surface area contributed by atoms with E-state index in [1.54, 1.807) is 7.11 Å². The fourth-order valence-corrected chi connectivity index (χ4v) is 4.20. The highest BCUT2D eigenvalue weighted by atomic mass is 16.5. The fourth-order valence-electron chi connectivity index (χ4n) is 4.20. The Labute approximate surface area is 182 Å². The molecule has 5 nitrogen and oxygen atoms in total. The molecule has 2 aliphatic heterocycles. The number of fused-ring (bicyclic) bond motifs is 3. The van der Waals surface area contributed by atoms with Gasteiger partial charge in [-0.1, -0.05) is 18.2 Å². The number of benzene rings is 3. The maximum Gasteiger partial charge on any atom is 0.213 e. The lowest BCUT2D eigenvalue weighted by Crippen LogP contribution is -2.33. The van der Waals surface area contributed by atoms with Crippen LogP contribution in [0, 0.1) is 0 Å². The zero-order valence-corrected chi connectivity index (χ0v) is 18.0. The minimum atomic E-state index is -0.285. The van der Waals surface area contributed by atoms with Gasteiger partial charge in [-0.05, 0) is 74.0 Å². The molecular formula is C26H26N2O3. The standard InChI is InChI=1S/C26H26N2O3/c1-17(2)30-21-14-8-18(9-15-21)23-16-24-22-6-4-5-7-25(22)31-26(28(24)27-23)19-10-12-20(29-3)13-11-19/h4-15,17,24,26H,16H2,1-3H3/t24-,26-/m0/s1. The van der Waals surface area contributed by atoms with Crippen LogP contribution in [0.1, 0.15) is 49.2 Å². The Kier molecular flexibility index (Phi) is 5.02. The van der Waals surface area contributed by atoms with Crippen LogP contribution < -0.4 is 14.2 Å². The van der Waals surface area contributed by atoms with E-state index in [0.29, 0.717) is 0 Å². The van der Waals surface area contributed by atoms with Crippen molar-refractivity contribution in [3.8, 4) is 17.2 Å². The zero-order chi connectivity index (χ0) is 21.4. The monoisotopic (exact) mass is 414 g/mol. The highest BCUT2D eigenvalue weighted by Gasteiger charge is 2.40. The Balaban J connectivity index is 1.49. The van der Waals surface area contributed by atoms with Gasteiger partial charge in [-0.25, -0.2) is 5.01 Å². The van der Waals surface area contributed by atoms with Gasteiger partial charge in [0.2, 0.25) is 6.23 Å². The highest BCUT2D eigenvalue weighted by molar-refractivity contribution is 6.02. The molecule has 158 valence electrons. The third-order valence-corrected chi connectivity index (χ3v) is 5.66. The van der Waals surface area contributed by atoms with Crippen molar-refractivity contribution in [2.24, 2.45) is 5.10 Å². The Morgan fingerprint density at radius 2 is 1.65 bits per heavy atom. The van der Waals surface area contributed by atoms with E-state index in [1.807, 2.05) is 62.4 Å². The van der Waals surface area contributed by atoms with Crippen LogP contribution in [-0.4, -0.2) is 23.9 Å². The van der Waals surface area contributed by atoms with Gasteiger partial charge < -0.3 is 14.2 Å². The van der Waals surface area contributed by atoms with Crippen molar-refractivity contribution < 1.29 is 14.2 Å². The molecule has 0 bridgehead atoms. The predicted molar refractivity (Wildman–Crippen MR) is 121 cm³/mol. The maximum absolute atomic E-state index is 6.41. The molecule has 5 heteroatoms. The Bertz CT molecular complexity index is 1090. The summed E-state index contributed by atoms with van der Waals surface area (Å²) in [7, 11) is 1.67. The Morgan fingerprint density at radius 3 is 2.35 bits per heavy atom. The summed E-state index contributed by atoms with van der Waals surface area (Å²) in [5.74, 6) is 2.62. The van der Waals surface area contributed by atoms with Crippen LogP contribution in [0.4, 0.5) is 0 Å². The van der Waals surface area contributed by atoms with Gasteiger partial charge in [-0.2, -0.15) is 5.10 Å². The van der Waals surface area contributed by atoms with E-state index in [0.717, 1.165) is 40.5 Å². The van der Waals surface area contributed by atoms with Crippen molar-refractivity contribution in [1.82, 2.24) is 5.01 Å². The van der Waals surface area contributed by atoms with E-state index in [1.165, 1.54) is 5.56 Å². The molecule has 31 heavy (non-hydrogen) atoms. The molecule has 0 aromatic heterocycles. The van der Waals surface area contributed by atoms with Crippen LogP contribution >= 0.6 is 0 Å². The first-order valence-electron chi connectivity index (χ1n) is 10.6. The molecule has 0 radical (unpaired) electrons. The van der Waals surface area contributed by atoms with Crippen molar-refractivity contribution in [3.05, 3.63) is 89.5 Å². The molecule has 0 saturated carbocycles. The summed E-state index contributed by atoms with van der Waals surface area (Å²) in [6.07, 6.45) is 0.701. The van der Waals surface area contributed by atoms with Crippen molar-refractivity contribution in [1.29, 1.82) is 0 Å². The minimum absolute atomic E-state index is 0.138. The second kappa shape index (κ2) is 7.99. The van der Waals surface area contributed by atoms with Gasteiger partial charge in [0, 0.05) is 17.5 Å².